The molecule has 0 spiro atoms. The number of unbranched alkanes of at least 4 members (excludes halogenated alkanes) is 1. The molecule has 81 heavy (non-hydrogen) atoms. The Labute approximate surface area is 456 Å². The molecule has 2 aliphatic heterocycles. The van der Waals surface area contributed by atoms with Crippen molar-refractivity contribution in [2.45, 2.75) is 108 Å². The number of para-hydroxylation sites is 3. The first-order valence-corrected chi connectivity index (χ1v) is 24.3. The summed E-state index contributed by atoms with van der Waals surface area (Å²) in [5, 5.41) is 35.2. The van der Waals surface area contributed by atoms with Gasteiger partial charge in [0.25, 0.3) is 5.91 Å². The first-order valence-electron chi connectivity index (χ1n) is 24.3. The number of amides is 6. The van der Waals surface area contributed by atoms with Crippen LogP contribution >= 0.6 is 0 Å². The quantitative estimate of drug-likeness (QED) is 0.0369. The third-order valence-corrected chi connectivity index (χ3v) is 11.1. The number of guanidine groups is 2. The standard InChI is InChI=1S/C41H61N13O6.3C2HF3O2/c1-26(36(57)52-32(39(60)50-27(2)55)15-10-22-48-41(44)45)49-38(59)31(14-9-21-47-40(42)43)46-20-8-7-11-28-18-23-53(24-19-28)25-35(56)54-33-16-5-3-12-29(33)37(58)51-30-13-4-6-17-34(30)54;3*3-2(4,5)1(6)7/h3-6,12-13,16-17,26,28,31-32,46H,7-11,14-15,18-25H2,1-2H3,(H,49,59)(H,51,58)(H,52,57)(H4,42,43,47)(H4,44,45,48)(H,50,55,60);3*(H,6,7)/t26-,31+,32-;;;/m0.../s1. The van der Waals surface area contributed by atoms with Crippen LogP contribution in [0, 0.1) is 5.92 Å². The number of carbonyl (C=O) groups is 9. The number of nitrogens with one attached hydrogen (secondary N) is 5. The number of aliphatic carboxylic acids is 3. The molecule has 0 saturated carbocycles. The van der Waals surface area contributed by atoms with E-state index in [-0.39, 0.29) is 43.2 Å². The second-order valence-corrected chi connectivity index (χ2v) is 17.6. The van der Waals surface area contributed by atoms with Crippen LogP contribution in [0.15, 0.2) is 58.5 Å². The van der Waals surface area contributed by atoms with Crippen LogP contribution in [0.5, 0.6) is 0 Å². The highest BCUT2D eigenvalue weighted by Gasteiger charge is 2.40. The lowest BCUT2D eigenvalue weighted by Crippen LogP contribution is -2.55. The van der Waals surface area contributed by atoms with Gasteiger partial charge in [0, 0.05) is 20.0 Å². The van der Waals surface area contributed by atoms with Crippen molar-refractivity contribution < 1.29 is 98.0 Å². The summed E-state index contributed by atoms with van der Waals surface area (Å²) in [7, 11) is 0. The van der Waals surface area contributed by atoms with Crippen molar-refractivity contribution in [3.05, 3.63) is 54.1 Å². The van der Waals surface area contributed by atoms with Gasteiger partial charge in [0.15, 0.2) is 11.9 Å². The molecule has 2 aliphatic rings. The maximum absolute atomic E-state index is 13.9. The van der Waals surface area contributed by atoms with Gasteiger partial charge >= 0.3 is 36.4 Å². The summed E-state index contributed by atoms with van der Waals surface area (Å²) >= 11 is 0. The third kappa shape index (κ3) is 27.9. The van der Waals surface area contributed by atoms with Gasteiger partial charge in [-0.1, -0.05) is 37.1 Å². The SMILES string of the molecule is CC(=O)NC(=O)[C@H](CCCN=C(N)N)NC(=O)[C@H](C)NC(=O)[C@@H](CCCN=C(N)N)NCCCCC1CCN(CC(=O)N2c3ccccc3NC(=O)c3ccccc32)CC1.O=C(O)C(F)(F)F.O=C(O)C(F)(F)F.O=C(O)C(F)(F)F. The largest absolute Gasteiger partial charge is 0.490 e. The van der Waals surface area contributed by atoms with Crippen LogP contribution in [0.1, 0.15) is 82.0 Å². The molecule has 2 aromatic rings. The third-order valence-electron chi connectivity index (χ3n) is 11.1. The molecule has 1 fully saturated rings. The summed E-state index contributed by atoms with van der Waals surface area (Å²) < 4.78 is 95.2. The molecule has 4 rings (SSSR count). The van der Waals surface area contributed by atoms with Crippen LogP contribution in [0.4, 0.5) is 56.6 Å². The smallest absolute Gasteiger partial charge is 0.475 e. The van der Waals surface area contributed by atoms with Crippen LogP contribution in [-0.2, 0) is 38.4 Å². The predicted octanol–water partition coefficient (Wildman–Crippen LogP) is 2.42. The fourth-order valence-corrected chi connectivity index (χ4v) is 7.29. The first-order chi connectivity index (χ1) is 37.6. The van der Waals surface area contributed by atoms with E-state index >= 15 is 0 Å². The van der Waals surface area contributed by atoms with Crippen molar-refractivity contribution in [3.8, 4) is 0 Å². The Kier molecular flexibility index (Phi) is 29.7. The molecule has 0 bridgehead atoms. The molecule has 2 aromatic carbocycles. The van der Waals surface area contributed by atoms with Gasteiger partial charge in [-0.25, -0.2) is 14.4 Å². The summed E-state index contributed by atoms with van der Waals surface area (Å²) in [6.07, 6.45) is -9.15. The fraction of sp³-hybridized carbons (Fsp3) is 0.511. The second kappa shape index (κ2) is 34.0. The molecule has 0 radical (unpaired) electrons. The molecule has 3 atom stereocenters. The lowest BCUT2D eigenvalue weighted by atomic mass is 9.91. The molecule has 452 valence electrons. The van der Waals surface area contributed by atoms with Crippen molar-refractivity contribution in [2.75, 3.05) is 49.5 Å². The Morgan fingerprint density at radius 2 is 1.14 bits per heavy atom. The van der Waals surface area contributed by atoms with E-state index in [9.17, 15) is 68.3 Å². The van der Waals surface area contributed by atoms with E-state index in [4.69, 9.17) is 52.6 Å². The fourth-order valence-electron chi connectivity index (χ4n) is 7.29. The minimum Gasteiger partial charge on any atom is -0.475 e. The minimum atomic E-state index is -5.08. The summed E-state index contributed by atoms with van der Waals surface area (Å²) in [6, 6.07) is 11.8. The number of aliphatic imine (C=N–C) groups is 2. The number of carboxylic acids is 3. The van der Waals surface area contributed by atoms with E-state index in [1.54, 1.807) is 29.2 Å². The Hall–Kier alpha value is -8.30. The van der Waals surface area contributed by atoms with E-state index < -0.39 is 78.2 Å². The van der Waals surface area contributed by atoms with Crippen LogP contribution in [0.2, 0.25) is 0 Å². The van der Waals surface area contributed by atoms with E-state index in [0.717, 1.165) is 45.2 Å². The van der Waals surface area contributed by atoms with Gasteiger partial charge in [0.2, 0.25) is 29.5 Å². The number of nitrogens with two attached hydrogens (primary N) is 4. The van der Waals surface area contributed by atoms with Crippen molar-refractivity contribution in [3.63, 3.8) is 0 Å². The van der Waals surface area contributed by atoms with E-state index in [2.05, 4.69) is 41.5 Å². The maximum atomic E-state index is 13.9. The van der Waals surface area contributed by atoms with Crippen molar-refractivity contribution >= 4 is 82.3 Å². The first kappa shape index (κ1) is 70.7. The van der Waals surface area contributed by atoms with E-state index in [1.165, 1.54) is 13.8 Å². The van der Waals surface area contributed by atoms with Crippen molar-refractivity contribution in [1.82, 2.24) is 26.2 Å². The molecule has 6 amide bonds. The number of halogens is 9. The normalized spacial score (nSPS) is 14.4. The number of imide groups is 1. The highest BCUT2D eigenvalue weighted by molar-refractivity contribution is 6.18. The van der Waals surface area contributed by atoms with Gasteiger partial charge in [-0.05, 0) is 102 Å². The van der Waals surface area contributed by atoms with Crippen LogP contribution < -0.4 is 54.4 Å². The molecule has 0 aromatic heterocycles. The molecule has 34 heteroatoms. The molecule has 16 N–H and O–H groups in total. The van der Waals surface area contributed by atoms with Gasteiger partial charge in [-0.15, -0.1) is 0 Å². The maximum Gasteiger partial charge on any atom is 0.490 e. The molecule has 1 saturated heterocycles. The summed E-state index contributed by atoms with van der Waals surface area (Å²) in [4.78, 5) is 116. The zero-order valence-corrected chi connectivity index (χ0v) is 43.6. The molecular weight excluding hydrogens is 1110 g/mol. The Balaban J connectivity index is 0.00000131. The number of carboxylic acid groups (broad SMARTS) is 3. The number of likely N-dealkylation sites (tertiary alicyclic amines) is 1. The predicted molar refractivity (Wildman–Crippen MR) is 272 cm³/mol. The molecule has 0 unspecified atom stereocenters. The van der Waals surface area contributed by atoms with E-state index in [1.807, 2.05) is 24.3 Å². The minimum absolute atomic E-state index is 0.0439. The van der Waals surface area contributed by atoms with Crippen molar-refractivity contribution in [2.24, 2.45) is 38.8 Å². The van der Waals surface area contributed by atoms with E-state index in [0.29, 0.717) is 60.9 Å². The number of piperidine rings is 1. The van der Waals surface area contributed by atoms with Crippen LogP contribution in [-0.4, -0.2) is 161 Å². The van der Waals surface area contributed by atoms with Gasteiger partial charge in [-0.3, -0.25) is 53.9 Å². The van der Waals surface area contributed by atoms with Gasteiger partial charge in [0.05, 0.1) is 35.2 Å². The number of anilines is 3. The summed E-state index contributed by atoms with van der Waals surface area (Å²) in [5.41, 5.74) is 23.9. The topological polar surface area (TPSA) is 410 Å². The zero-order valence-electron chi connectivity index (χ0n) is 43.6. The Morgan fingerprint density at radius 3 is 1.62 bits per heavy atom. The lowest BCUT2D eigenvalue weighted by Gasteiger charge is -2.33. The van der Waals surface area contributed by atoms with Gasteiger partial charge < -0.3 is 59.5 Å². The molecular formula is C47H64F9N13O12. The number of alkyl halides is 9. The number of rotatable bonds is 21. The van der Waals surface area contributed by atoms with Crippen LogP contribution in [0.3, 0.4) is 0 Å². The Bertz CT molecular complexity index is 2460. The summed E-state index contributed by atoms with van der Waals surface area (Å²) in [6.45, 7) is 5.62. The second-order valence-electron chi connectivity index (χ2n) is 17.6. The number of hydrogen-bond donors (Lipinski definition) is 12. The van der Waals surface area contributed by atoms with Crippen molar-refractivity contribution in [1.29, 1.82) is 0 Å². The van der Waals surface area contributed by atoms with Gasteiger partial charge in [0.1, 0.15) is 12.1 Å². The molecule has 25 nitrogen and oxygen atoms in total. The highest BCUT2D eigenvalue weighted by atomic mass is 19.4. The number of hydrogen-bond acceptors (Lipinski definition) is 13. The van der Waals surface area contributed by atoms with Crippen LogP contribution in [0.25, 0.3) is 0 Å². The highest BCUT2D eigenvalue weighted by Crippen LogP contribution is 2.38. The Morgan fingerprint density at radius 1 is 0.667 bits per heavy atom. The summed E-state index contributed by atoms with van der Waals surface area (Å²) in [5.74, 6) is -10.5. The molecule has 0 aliphatic carbocycles. The van der Waals surface area contributed by atoms with Gasteiger partial charge in [-0.2, -0.15) is 39.5 Å². The average Bonchev–Trinajstić information content (AvgIpc) is 3.53. The number of carbonyl (C=O) groups excluding carboxylic acids is 6. The number of fused-ring (bicyclic) bond motifs is 2. The number of benzene rings is 2. The molecule has 2 heterocycles. The monoisotopic (exact) mass is 1170 g/mol. The zero-order chi connectivity index (χ0) is 61.8. The number of nitrogens with zero attached hydrogens (tertiary/aromatic N) is 4. The lowest BCUT2D eigenvalue weighted by molar-refractivity contribution is -0.193. The average molecular weight is 1170 g/mol.